The second-order valence-corrected chi connectivity index (χ2v) is 7.27. The van der Waals surface area contributed by atoms with Gasteiger partial charge in [-0.2, -0.15) is 0 Å². The Morgan fingerprint density at radius 1 is 0.966 bits per heavy atom. The molecule has 8 heteroatoms. The minimum atomic E-state index is -0.249. The molecule has 0 saturated carbocycles. The standard InChI is InChI=1S/C21H28N6O2/c1-2-25-9-11-27(12-10-25)20-8-7-18(23-24-20)21(28)22-17-5-3-4-6-19(17)26-13-15-29-16-14-26/h3-8H,2,9-16H2,1H3,(H,22,28). The molecule has 154 valence electrons. The lowest BCUT2D eigenvalue weighted by molar-refractivity contribution is 0.102. The van der Waals surface area contributed by atoms with E-state index < -0.39 is 0 Å². The molecule has 1 amide bonds. The molecule has 0 atom stereocenters. The van der Waals surface area contributed by atoms with Crippen LogP contribution in [0.5, 0.6) is 0 Å². The van der Waals surface area contributed by atoms with Crippen molar-refractivity contribution in [2.24, 2.45) is 0 Å². The van der Waals surface area contributed by atoms with Gasteiger partial charge in [-0.3, -0.25) is 4.79 Å². The first-order valence-electron chi connectivity index (χ1n) is 10.3. The molecule has 0 spiro atoms. The molecule has 2 aliphatic heterocycles. The van der Waals surface area contributed by atoms with Crippen LogP contribution in [0.1, 0.15) is 17.4 Å². The number of ether oxygens (including phenoxy) is 1. The third-order valence-electron chi connectivity index (χ3n) is 5.53. The van der Waals surface area contributed by atoms with Gasteiger partial charge in [-0.25, -0.2) is 0 Å². The van der Waals surface area contributed by atoms with Crippen molar-refractivity contribution >= 4 is 23.1 Å². The van der Waals surface area contributed by atoms with Gasteiger partial charge in [-0.05, 0) is 30.8 Å². The van der Waals surface area contributed by atoms with Crippen molar-refractivity contribution in [3.63, 3.8) is 0 Å². The number of nitrogens with one attached hydrogen (secondary N) is 1. The summed E-state index contributed by atoms with van der Waals surface area (Å²) in [5.41, 5.74) is 2.10. The Kier molecular flexibility index (Phi) is 6.21. The maximum atomic E-state index is 12.7. The van der Waals surface area contributed by atoms with Crippen LogP contribution in [0.25, 0.3) is 0 Å². The van der Waals surface area contributed by atoms with Crippen molar-refractivity contribution in [1.82, 2.24) is 15.1 Å². The fourth-order valence-corrected chi connectivity index (χ4v) is 3.75. The summed E-state index contributed by atoms with van der Waals surface area (Å²) in [5.74, 6) is 0.576. The van der Waals surface area contributed by atoms with Crippen LogP contribution in [0.15, 0.2) is 36.4 Å². The fraction of sp³-hybridized carbons (Fsp3) is 0.476. The lowest BCUT2D eigenvalue weighted by Crippen LogP contribution is -2.46. The van der Waals surface area contributed by atoms with Gasteiger partial charge in [0, 0.05) is 39.3 Å². The van der Waals surface area contributed by atoms with Crippen LogP contribution in [-0.2, 0) is 4.74 Å². The molecule has 8 nitrogen and oxygen atoms in total. The molecule has 0 aliphatic carbocycles. The van der Waals surface area contributed by atoms with E-state index in [2.05, 4.69) is 37.1 Å². The first kappa shape index (κ1) is 19.6. The molecule has 1 aromatic heterocycles. The first-order valence-corrected chi connectivity index (χ1v) is 10.3. The molecule has 2 aliphatic rings. The Morgan fingerprint density at radius 3 is 2.41 bits per heavy atom. The number of hydrogen-bond donors (Lipinski definition) is 1. The zero-order valence-corrected chi connectivity index (χ0v) is 16.9. The lowest BCUT2D eigenvalue weighted by atomic mass is 10.2. The van der Waals surface area contributed by atoms with Gasteiger partial charge in [0.15, 0.2) is 11.5 Å². The monoisotopic (exact) mass is 396 g/mol. The highest BCUT2D eigenvalue weighted by Gasteiger charge is 2.19. The average Bonchev–Trinajstić information content (AvgIpc) is 2.80. The van der Waals surface area contributed by atoms with Crippen LogP contribution in [0.2, 0.25) is 0 Å². The first-order chi connectivity index (χ1) is 14.2. The minimum Gasteiger partial charge on any atom is -0.378 e. The summed E-state index contributed by atoms with van der Waals surface area (Å²) >= 11 is 0. The van der Waals surface area contributed by atoms with Crippen molar-refractivity contribution in [3.8, 4) is 0 Å². The van der Waals surface area contributed by atoms with Crippen molar-refractivity contribution in [1.29, 1.82) is 0 Å². The molecular weight excluding hydrogens is 368 g/mol. The van der Waals surface area contributed by atoms with E-state index in [1.165, 1.54) is 0 Å². The van der Waals surface area contributed by atoms with E-state index in [1.807, 2.05) is 30.3 Å². The Labute approximate surface area is 171 Å². The Bertz CT molecular complexity index is 814. The quantitative estimate of drug-likeness (QED) is 0.825. The number of hydrogen-bond acceptors (Lipinski definition) is 7. The van der Waals surface area contributed by atoms with Crippen LogP contribution < -0.4 is 15.1 Å². The zero-order valence-electron chi connectivity index (χ0n) is 16.9. The van der Waals surface area contributed by atoms with Gasteiger partial charge in [-0.15, -0.1) is 10.2 Å². The third kappa shape index (κ3) is 4.65. The highest BCUT2D eigenvalue weighted by Crippen LogP contribution is 2.26. The van der Waals surface area contributed by atoms with E-state index in [4.69, 9.17) is 4.74 Å². The van der Waals surface area contributed by atoms with Gasteiger partial charge in [0.05, 0.1) is 24.6 Å². The van der Waals surface area contributed by atoms with Gasteiger partial charge in [0.2, 0.25) is 0 Å². The molecule has 2 aromatic rings. The summed E-state index contributed by atoms with van der Waals surface area (Å²) in [5, 5.41) is 11.5. The smallest absolute Gasteiger partial charge is 0.276 e. The Balaban J connectivity index is 1.42. The van der Waals surface area contributed by atoms with Gasteiger partial charge < -0.3 is 24.8 Å². The summed E-state index contributed by atoms with van der Waals surface area (Å²) in [7, 11) is 0. The van der Waals surface area contributed by atoms with Crippen molar-refractivity contribution in [2.75, 3.05) is 74.1 Å². The lowest BCUT2D eigenvalue weighted by Gasteiger charge is -2.34. The zero-order chi connectivity index (χ0) is 20.1. The van der Waals surface area contributed by atoms with Gasteiger partial charge in [-0.1, -0.05) is 19.1 Å². The summed E-state index contributed by atoms with van der Waals surface area (Å²) in [6.45, 7) is 10.2. The molecule has 0 radical (unpaired) electrons. The highest BCUT2D eigenvalue weighted by atomic mass is 16.5. The molecule has 3 heterocycles. The molecule has 2 fully saturated rings. The second kappa shape index (κ2) is 9.19. The van der Waals surface area contributed by atoms with Crippen molar-refractivity contribution < 1.29 is 9.53 Å². The molecule has 1 N–H and O–H groups in total. The topological polar surface area (TPSA) is 73.8 Å². The van der Waals surface area contributed by atoms with Gasteiger partial charge >= 0.3 is 0 Å². The Morgan fingerprint density at radius 2 is 1.72 bits per heavy atom. The number of amides is 1. The van der Waals surface area contributed by atoms with Crippen LogP contribution in [0.4, 0.5) is 17.2 Å². The van der Waals surface area contributed by atoms with Crippen molar-refractivity contribution in [2.45, 2.75) is 6.92 Å². The van der Waals surface area contributed by atoms with E-state index in [0.29, 0.717) is 18.9 Å². The number of rotatable bonds is 5. The fourth-order valence-electron chi connectivity index (χ4n) is 3.75. The van der Waals surface area contributed by atoms with Crippen LogP contribution >= 0.6 is 0 Å². The summed E-state index contributed by atoms with van der Waals surface area (Å²) < 4.78 is 5.43. The number of carbonyl (C=O) groups excluding carboxylic acids is 1. The second-order valence-electron chi connectivity index (χ2n) is 7.27. The van der Waals surface area contributed by atoms with Crippen LogP contribution in [0.3, 0.4) is 0 Å². The van der Waals surface area contributed by atoms with E-state index in [9.17, 15) is 4.79 Å². The molecule has 1 aromatic carbocycles. The largest absolute Gasteiger partial charge is 0.378 e. The number of morpholine rings is 1. The summed E-state index contributed by atoms with van der Waals surface area (Å²) in [4.78, 5) is 19.6. The van der Waals surface area contributed by atoms with E-state index in [1.54, 1.807) is 6.07 Å². The number of benzene rings is 1. The summed E-state index contributed by atoms with van der Waals surface area (Å²) in [6.07, 6.45) is 0. The van der Waals surface area contributed by atoms with Gasteiger partial charge in [0.25, 0.3) is 5.91 Å². The van der Waals surface area contributed by atoms with Crippen molar-refractivity contribution in [3.05, 3.63) is 42.1 Å². The molecule has 2 saturated heterocycles. The molecule has 0 unspecified atom stereocenters. The van der Waals surface area contributed by atoms with E-state index >= 15 is 0 Å². The van der Waals surface area contributed by atoms with E-state index in [0.717, 1.165) is 63.0 Å². The number of likely N-dealkylation sites (N-methyl/N-ethyl adjacent to an activating group) is 1. The average molecular weight is 396 g/mol. The molecule has 0 bridgehead atoms. The highest BCUT2D eigenvalue weighted by molar-refractivity contribution is 6.04. The van der Waals surface area contributed by atoms with Crippen LogP contribution in [-0.4, -0.2) is 80.0 Å². The number of aromatic nitrogens is 2. The van der Waals surface area contributed by atoms with Gasteiger partial charge in [0.1, 0.15) is 0 Å². The minimum absolute atomic E-state index is 0.249. The number of nitrogens with zero attached hydrogens (tertiary/aromatic N) is 5. The normalized spacial score (nSPS) is 18.0. The predicted octanol–water partition coefficient (Wildman–Crippen LogP) is 1.71. The predicted molar refractivity (Wildman–Crippen MR) is 114 cm³/mol. The summed E-state index contributed by atoms with van der Waals surface area (Å²) in [6, 6.07) is 11.5. The number of carbonyl (C=O) groups is 1. The maximum Gasteiger partial charge on any atom is 0.276 e. The maximum absolute atomic E-state index is 12.7. The number of anilines is 3. The Hall–Kier alpha value is -2.71. The number of para-hydroxylation sites is 2. The molecular formula is C21H28N6O2. The molecule has 4 rings (SSSR count). The number of piperazine rings is 1. The SMILES string of the molecule is CCN1CCN(c2ccc(C(=O)Nc3ccccc3N3CCOCC3)nn2)CC1. The van der Waals surface area contributed by atoms with E-state index in [-0.39, 0.29) is 5.91 Å². The molecule has 29 heavy (non-hydrogen) atoms. The third-order valence-corrected chi connectivity index (χ3v) is 5.53. The van der Waals surface area contributed by atoms with Crippen LogP contribution in [0, 0.1) is 0 Å².